The standard InChI is InChI=1S/C22H28O.C7H16/c1-6-16-11-12-20(19(14-16)22(3,4)5)23-21-15(2)13-17-9-7-8-10-18(17)21;1-4-6-7(3)5-2/h7-12,14-15,21H,6,13H2,1-5H3;7H,4-6H2,1-3H3/t15-,21?;/m1./s1. The highest BCUT2D eigenvalue weighted by Crippen LogP contribution is 2.42. The molecule has 2 aromatic carbocycles. The van der Waals surface area contributed by atoms with Gasteiger partial charge >= 0.3 is 0 Å². The molecule has 2 aromatic rings. The summed E-state index contributed by atoms with van der Waals surface area (Å²) < 4.78 is 6.57. The van der Waals surface area contributed by atoms with Crippen molar-refractivity contribution in [2.24, 2.45) is 11.8 Å². The Labute approximate surface area is 186 Å². The van der Waals surface area contributed by atoms with E-state index in [2.05, 4.69) is 97.9 Å². The van der Waals surface area contributed by atoms with Gasteiger partial charge in [-0.1, -0.05) is 111 Å². The van der Waals surface area contributed by atoms with Crippen LogP contribution in [0.3, 0.4) is 0 Å². The molecule has 0 heterocycles. The SMILES string of the molecule is CCCC(C)CC.CCc1ccc(OC2c3ccccc3C[C@H]2C)c(C(C)(C)C)c1. The fourth-order valence-electron chi connectivity index (χ4n) is 4.26. The zero-order valence-corrected chi connectivity index (χ0v) is 20.7. The summed E-state index contributed by atoms with van der Waals surface area (Å²) in [6.45, 7) is 18.1. The van der Waals surface area contributed by atoms with Crippen molar-refractivity contribution >= 4 is 0 Å². The predicted molar refractivity (Wildman–Crippen MR) is 132 cm³/mol. The lowest BCUT2D eigenvalue weighted by Gasteiger charge is -2.27. The van der Waals surface area contributed by atoms with E-state index in [0.29, 0.717) is 5.92 Å². The summed E-state index contributed by atoms with van der Waals surface area (Å²) in [4.78, 5) is 0. The van der Waals surface area contributed by atoms with E-state index >= 15 is 0 Å². The van der Waals surface area contributed by atoms with Gasteiger partial charge in [-0.05, 0) is 52.5 Å². The molecule has 1 aliphatic carbocycles. The molecule has 166 valence electrons. The van der Waals surface area contributed by atoms with Gasteiger partial charge in [0, 0.05) is 5.92 Å². The Morgan fingerprint density at radius 3 is 2.30 bits per heavy atom. The highest BCUT2D eigenvalue weighted by Gasteiger charge is 2.32. The fourth-order valence-corrected chi connectivity index (χ4v) is 4.26. The maximum absolute atomic E-state index is 6.57. The summed E-state index contributed by atoms with van der Waals surface area (Å²) >= 11 is 0. The van der Waals surface area contributed by atoms with E-state index in [1.165, 1.54) is 41.5 Å². The van der Waals surface area contributed by atoms with Gasteiger partial charge in [-0.15, -0.1) is 0 Å². The van der Waals surface area contributed by atoms with Gasteiger partial charge in [0.2, 0.25) is 0 Å². The first-order valence-corrected chi connectivity index (χ1v) is 12.1. The summed E-state index contributed by atoms with van der Waals surface area (Å²) in [5.41, 5.74) is 5.57. The van der Waals surface area contributed by atoms with Gasteiger partial charge in [0.1, 0.15) is 11.9 Å². The van der Waals surface area contributed by atoms with Crippen molar-refractivity contribution in [1.82, 2.24) is 0 Å². The second-order valence-corrected chi connectivity index (χ2v) is 10.2. The molecule has 2 unspecified atom stereocenters. The molecular weight excluding hydrogens is 364 g/mol. The number of hydrogen-bond donors (Lipinski definition) is 0. The minimum absolute atomic E-state index is 0.0852. The van der Waals surface area contributed by atoms with Gasteiger partial charge in [0.15, 0.2) is 0 Å². The van der Waals surface area contributed by atoms with Crippen LogP contribution < -0.4 is 4.74 Å². The number of fused-ring (bicyclic) bond motifs is 1. The first kappa shape index (κ1) is 24.5. The van der Waals surface area contributed by atoms with Crippen LogP contribution in [0.5, 0.6) is 5.75 Å². The lowest BCUT2D eigenvalue weighted by molar-refractivity contribution is 0.156. The van der Waals surface area contributed by atoms with Crippen molar-refractivity contribution in [3.8, 4) is 5.75 Å². The van der Waals surface area contributed by atoms with Crippen LogP contribution in [0.1, 0.15) is 103 Å². The molecule has 0 bridgehead atoms. The van der Waals surface area contributed by atoms with Crippen molar-refractivity contribution in [3.63, 3.8) is 0 Å². The third kappa shape index (κ3) is 6.37. The van der Waals surface area contributed by atoms with Crippen LogP contribution in [0.15, 0.2) is 42.5 Å². The van der Waals surface area contributed by atoms with Crippen molar-refractivity contribution in [2.45, 2.75) is 99.0 Å². The molecule has 0 aliphatic heterocycles. The topological polar surface area (TPSA) is 9.23 Å². The third-order valence-electron chi connectivity index (χ3n) is 6.41. The van der Waals surface area contributed by atoms with Gasteiger partial charge in [-0.2, -0.15) is 0 Å². The quantitative estimate of drug-likeness (QED) is 0.464. The van der Waals surface area contributed by atoms with Gasteiger partial charge < -0.3 is 4.74 Å². The number of ether oxygens (including phenoxy) is 1. The van der Waals surface area contributed by atoms with Gasteiger partial charge in [-0.3, -0.25) is 0 Å². The van der Waals surface area contributed by atoms with Gasteiger partial charge in [0.25, 0.3) is 0 Å². The second kappa shape index (κ2) is 11.0. The maximum atomic E-state index is 6.57. The number of aryl methyl sites for hydroxylation is 1. The van der Waals surface area contributed by atoms with Gasteiger partial charge in [0.05, 0.1) is 0 Å². The van der Waals surface area contributed by atoms with Crippen molar-refractivity contribution < 1.29 is 4.74 Å². The number of benzene rings is 2. The molecule has 0 radical (unpaired) electrons. The molecule has 0 amide bonds. The van der Waals surface area contributed by atoms with Crippen molar-refractivity contribution in [3.05, 3.63) is 64.7 Å². The summed E-state index contributed by atoms with van der Waals surface area (Å²) in [5.74, 6) is 2.51. The van der Waals surface area contributed by atoms with E-state index in [1.807, 2.05) is 0 Å². The minimum Gasteiger partial charge on any atom is -0.485 e. The summed E-state index contributed by atoms with van der Waals surface area (Å²) in [6.07, 6.45) is 6.42. The first-order chi connectivity index (χ1) is 14.2. The molecular formula is C29H44O. The number of hydrogen-bond acceptors (Lipinski definition) is 1. The highest BCUT2D eigenvalue weighted by atomic mass is 16.5. The lowest BCUT2D eigenvalue weighted by atomic mass is 9.85. The number of rotatable bonds is 6. The average molecular weight is 409 g/mol. The smallest absolute Gasteiger partial charge is 0.127 e. The molecule has 0 saturated heterocycles. The van der Waals surface area contributed by atoms with Crippen LogP contribution in [-0.4, -0.2) is 0 Å². The third-order valence-corrected chi connectivity index (χ3v) is 6.41. The monoisotopic (exact) mass is 408 g/mol. The first-order valence-electron chi connectivity index (χ1n) is 12.1. The maximum Gasteiger partial charge on any atom is 0.127 e. The molecule has 0 spiro atoms. The normalized spacial score (nSPS) is 18.9. The second-order valence-electron chi connectivity index (χ2n) is 10.2. The zero-order chi connectivity index (χ0) is 22.3. The van der Waals surface area contributed by atoms with Crippen molar-refractivity contribution in [2.75, 3.05) is 0 Å². The average Bonchev–Trinajstić information content (AvgIpc) is 3.03. The van der Waals surface area contributed by atoms with E-state index in [9.17, 15) is 0 Å². The summed E-state index contributed by atoms with van der Waals surface area (Å²) in [5, 5.41) is 0. The summed E-state index contributed by atoms with van der Waals surface area (Å²) in [6, 6.07) is 15.4. The molecule has 30 heavy (non-hydrogen) atoms. The molecule has 0 saturated carbocycles. The van der Waals surface area contributed by atoms with Crippen LogP contribution in [-0.2, 0) is 18.3 Å². The summed E-state index contributed by atoms with van der Waals surface area (Å²) in [7, 11) is 0. The van der Waals surface area contributed by atoms with Crippen LogP contribution in [0.25, 0.3) is 0 Å². The molecule has 1 heteroatoms. The molecule has 0 N–H and O–H groups in total. The Morgan fingerprint density at radius 1 is 1.03 bits per heavy atom. The Morgan fingerprint density at radius 2 is 1.73 bits per heavy atom. The van der Waals surface area contributed by atoms with Crippen LogP contribution in [0, 0.1) is 11.8 Å². The molecule has 3 atom stereocenters. The van der Waals surface area contributed by atoms with E-state index < -0.39 is 0 Å². The molecule has 0 aromatic heterocycles. The van der Waals surface area contributed by atoms with Crippen LogP contribution in [0.4, 0.5) is 0 Å². The Hall–Kier alpha value is -1.76. The van der Waals surface area contributed by atoms with Crippen molar-refractivity contribution in [1.29, 1.82) is 0 Å². The van der Waals surface area contributed by atoms with E-state index in [1.54, 1.807) is 0 Å². The fraction of sp³-hybridized carbons (Fsp3) is 0.586. The Balaban J connectivity index is 0.000000396. The van der Waals surface area contributed by atoms with E-state index in [4.69, 9.17) is 4.74 Å². The highest BCUT2D eigenvalue weighted by molar-refractivity contribution is 5.43. The van der Waals surface area contributed by atoms with Crippen LogP contribution in [0.2, 0.25) is 0 Å². The minimum atomic E-state index is 0.0852. The van der Waals surface area contributed by atoms with Gasteiger partial charge in [-0.25, -0.2) is 0 Å². The molecule has 0 fully saturated rings. The van der Waals surface area contributed by atoms with E-state index in [-0.39, 0.29) is 11.5 Å². The molecule has 1 aliphatic rings. The predicted octanol–water partition coefficient (Wildman–Crippen LogP) is 8.69. The Kier molecular flexibility index (Phi) is 9.01. The molecule has 1 nitrogen and oxygen atoms in total. The lowest BCUT2D eigenvalue weighted by Crippen LogP contribution is -2.17. The van der Waals surface area contributed by atoms with Crippen LogP contribution >= 0.6 is 0 Å². The zero-order valence-electron chi connectivity index (χ0n) is 20.7. The van der Waals surface area contributed by atoms with E-state index in [0.717, 1.165) is 24.5 Å². The molecule has 3 rings (SSSR count). The largest absolute Gasteiger partial charge is 0.485 e. The Bertz CT molecular complexity index is 783.